The van der Waals surface area contributed by atoms with E-state index in [9.17, 15) is 0 Å². The maximum absolute atomic E-state index is 4.65. The fourth-order valence-electron chi connectivity index (χ4n) is 1.18. The SMILES string of the molecule is ICN(CI)c1nc(N(CI)CI)nc(N(CI)CI)n1. The summed E-state index contributed by atoms with van der Waals surface area (Å²) in [6.07, 6.45) is 0. The number of hydrogen-bond acceptors (Lipinski definition) is 6. The standard InChI is InChI=1S/C9H12I6N6/c10-1-19(2-11)7-16-8(20(3-12)4-13)18-9(17-7)21(5-14)6-15/h1-6H2. The second-order valence-electron chi connectivity index (χ2n) is 3.57. The highest BCUT2D eigenvalue weighted by atomic mass is 127. The molecule has 0 fully saturated rings. The van der Waals surface area contributed by atoms with Gasteiger partial charge in [0.15, 0.2) is 0 Å². The average molecular weight is 966 g/mol. The van der Waals surface area contributed by atoms with Crippen molar-refractivity contribution in [3.05, 3.63) is 0 Å². The van der Waals surface area contributed by atoms with Crippen molar-refractivity contribution in [1.82, 2.24) is 15.0 Å². The van der Waals surface area contributed by atoms with Gasteiger partial charge >= 0.3 is 0 Å². The lowest BCUT2D eigenvalue weighted by Crippen LogP contribution is -2.29. The Labute approximate surface area is 206 Å². The molecule has 0 aliphatic carbocycles. The normalized spacial score (nSPS) is 10.6. The van der Waals surface area contributed by atoms with E-state index in [4.69, 9.17) is 0 Å². The molecule has 21 heavy (non-hydrogen) atoms. The molecule has 0 bridgehead atoms. The van der Waals surface area contributed by atoms with E-state index in [0.29, 0.717) is 0 Å². The summed E-state index contributed by atoms with van der Waals surface area (Å²) in [6.45, 7) is 0. The first-order valence-corrected chi connectivity index (χ1v) is 14.7. The zero-order valence-electron chi connectivity index (χ0n) is 10.7. The summed E-state index contributed by atoms with van der Waals surface area (Å²) in [6, 6.07) is 0. The van der Waals surface area contributed by atoms with E-state index in [1.54, 1.807) is 0 Å². The van der Waals surface area contributed by atoms with Crippen LogP contribution in [-0.2, 0) is 0 Å². The Morgan fingerprint density at radius 1 is 0.476 bits per heavy atom. The number of aromatic nitrogens is 3. The summed E-state index contributed by atoms with van der Waals surface area (Å²) >= 11 is 14.0. The van der Waals surface area contributed by atoms with Crippen LogP contribution in [-0.4, -0.2) is 42.3 Å². The molecule has 0 aliphatic heterocycles. The first-order valence-electron chi connectivity index (χ1n) is 5.51. The first kappa shape index (κ1) is 21.8. The number of alkyl halides is 6. The predicted molar refractivity (Wildman–Crippen MR) is 141 cm³/mol. The predicted octanol–water partition coefficient (Wildman–Crippen LogP) is 4.65. The molecule has 0 unspecified atom stereocenters. The van der Waals surface area contributed by atoms with Crippen LogP contribution in [0.1, 0.15) is 0 Å². The Morgan fingerprint density at radius 2 is 0.667 bits per heavy atom. The quantitative estimate of drug-likeness (QED) is 0.205. The van der Waals surface area contributed by atoms with Crippen LogP contribution < -0.4 is 14.7 Å². The number of rotatable bonds is 9. The Morgan fingerprint density at radius 3 is 0.810 bits per heavy atom. The molecule has 1 heterocycles. The van der Waals surface area contributed by atoms with E-state index in [-0.39, 0.29) is 0 Å². The molecule has 0 saturated heterocycles. The fraction of sp³-hybridized carbons (Fsp3) is 0.667. The molecule has 1 aromatic rings. The molecule has 12 heteroatoms. The van der Waals surface area contributed by atoms with Gasteiger partial charge in [0.1, 0.15) is 0 Å². The molecule has 120 valence electrons. The van der Waals surface area contributed by atoms with Crippen LogP contribution in [0.3, 0.4) is 0 Å². The van der Waals surface area contributed by atoms with Gasteiger partial charge in [-0.3, -0.25) is 0 Å². The third kappa shape index (κ3) is 6.55. The molecule has 1 rings (SSSR count). The maximum atomic E-state index is 4.65. The second-order valence-corrected chi connectivity index (χ2v) is 7.67. The lowest BCUT2D eigenvalue weighted by molar-refractivity contribution is 0.873. The summed E-state index contributed by atoms with van der Waals surface area (Å²) in [5, 5.41) is 0. The van der Waals surface area contributed by atoms with Gasteiger partial charge in [-0.05, 0) is 0 Å². The molecule has 0 aromatic carbocycles. The zero-order valence-corrected chi connectivity index (χ0v) is 23.6. The minimum atomic E-state index is 0.748. The van der Waals surface area contributed by atoms with Gasteiger partial charge < -0.3 is 14.7 Å². The monoisotopic (exact) mass is 966 g/mol. The summed E-state index contributed by atoms with van der Waals surface area (Å²) in [5.74, 6) is 2.25. The van der Waals surface area contributed by atoms with Gasteiger partial charge in [-0.25, -0.2) is 0 Å². The van der Waals surface area contributed by atoms with E-state index in [2.05, 4.69) is 165 Å². The van der Waals surface area contributed by atoms with Crippen molar-refractivity contribution >= 4 is 153 Å². The fourth-order valence-corrected chi connectivity index (χ4v) is 7.23. The van der Waals surface area contributed by atoms with Crippen molar-refractivity contribution in [1.29, 1.82) is 0 Å². The van der Waals surface area contributed by atoms with Crippen LogP contribution in [0, 0.1) is 0 Å². The van der Waals surface area contributed by atoms with Crippen molar-refractivity contribution in [2.75, 3.05) is 42.0 Å². The molecular formula is C9H12I6N6. The van der Waals surface area contributed by atoms with Gasteiger partial charge in [-0.15, -0.1) is 0 Å². The molecule has 0 radical (unpaired) electrons. The summed E-state index contributed by atoms with van der Waals surface area (Å²) in [4.78, 5) is 20.3. The summed E-state index contributed by atoms with van der Waals surface area (Å²) < 4.78 is 5.12. The molecule has 0 amide bonds. The molecule has 0 saturated carbocycles. The van der Waals surface area contributed by atoms with Crippen molar-refractivity contribution in [2.24, 2.45) is 0 Å². The zero-order chi connectivity index (χ0) is 15.8. The van der Waals surface area contributed by atoms with Gasteiger partial charge in [0, 0.05) is 0 Å². The van der Waals surface area contributed by atoms with Crippen molar-refractivity contribution in [3.8, 4) is 0 Å². The van der Waals surface area contributed by atoms with E-state index in [1.165, 1.54) is 0 Å². The largest absolute Gasteiger partial charge is 0.322 e. The van der Waals surface area contributed by atoms with Crippen molar-refractivity contribution in [3.63, 3.8) is 0 Å². The Balaban J connectivity index is 3.30. The smallest absolute Gasteiger partial charge is 0.233 e. The third-order valence-corrected chi connectivity index (χ3v) is 7.26. The Hall–Kier alpha value is 2.79. The lowest BCUT2D eigenvalue weighted by Gasteiger charge is -2.24. The summed E-state index contributed by atoms with van der Waals surface area (Å²) in [7, 11) is 0. The number of halogens is 6. The van der Waals surface area contributed by atoms with E-state index in [0.717, 1.165) is 45.2 Å². The van der Waals surface area contributed by atoms with Gasteiger partial charge in [0.05, 0.1) is 27.3 Å². The third-order valence-electron chi connectivity index (χ3n) is 2.31. The molecule has 0 aliphatic rings. The first-order chi connectivity index (χ1) is 10.1. The highest BCUT2D eigenvalue weighted by Crippen LogP contribution is 2.22. The number of hydrogen-bond donors (Lipinski definition) is 0. The van der Waals surface area contributed by atoms with Crippen LogP contribution in [0.4, 0.5) is 17.8 Å². The van der Waals surface area contributed by atoms with Crippen LogP contribution >= 0.6 is 136 Å². The molecule has 0 spiro atoms. The highest BCUT2D eigenvalue weighted by Gasteiger charge is 2.18. The van der Waals surface area contributed by atoms with Gasteiger partial charge in [-0.2, -0.15) is 15.0 Å². The topological polar surface area (TPSA) is 48.4 Å². The van der Waals surface area contributed by atoms with Gasteiger partial charge in [-0.1, -0.05) is 136 Å². The van der Waals surface area contributed by atoms with E-state index >= 15 is 0 Å². The molecule has 6 nitrogen and oxygen atoms in total. The lowest BCUT2D eigenvalue weighted by atomic mass is 10.7. The highest BCUT2D eigenvalue weighted by molar-refractivity contribution is 14.1. The van der Waals surface area contributed by atoms with Crippen LogP contribution in [0.25, 0.3) is 0 Å². The molecule has 1 aromatic heterocycles. The second kappa shape index (κ2) is 12.2. The van der Waals surface area contributed by atoms with Gasteiger partial charge in [0.2, 0.25) is 17.8 Å². The number of nitrogens with zero attached hydrogens (tertiary/aromatic N) is 6. The average Bonchev–Trinajstić information content (AvgIpc) is 2.51. The van der Waals surface area contributed by atoms with E-state index < -0.39 is 0 Å². The number of anilines is 3. The Bertz CT molecular complexity index is 351. The minimum Gasteiger partial charge on any atom is -0.322 e. The van der Waals surface area contributed by atoms with Crippen molar-refractivity contribution < 1.29 is 0 Å². The van der Waals surface area contributed by atoms with Crippen LogP contribution in [0.2, 0.25) is 0 Å². The van der Waals surface area contributed by atoms with Crippen LogP contribution in [0.15, 0.2) is 0 Å². The van der Waals surface area contributed by atoms with E-state index in [1.807, 2.05) is 0 Å². The van der Waals surface area contributed by atoms with Gasteiger partial charge in [0.25, 0.3) is 0 Å². The Kier molecular flexibility index (Phi) is 12.7. The van der Waals surface area contributed by atoms with Crippen LogP contribution in [0.5, 0.6) is 0 Å². The maximum Gasteiger partial charge on any atom is 0.233 e. The molecule has 0 atom stereocenters. The minimum absolute atomic E-state index is 0.748. The summed E-state index contributed by atoms with van der Waals surface area (Å²) in [5.41, 5.74) is 0. The molecule has 0 N–H and O–H groups in total. The molecular weight excluding hydrogens is 954 g/mol. The van der Waals surface area contributed by atoms with Crippen molar-refractivity contribution in [2.45, 2.75) is 0 Å².